The van der Waals surface area contributed by atoms with Crippen LogP contribution in [-0.2, 0) is 7.05 Å². The van der Waals surface area contributed by atoms with Crippen LogP contribution in [-0.4, -0.2) is 50.9 Å². The lowest BCUT2D eigenvalue weighted by Gasteiger charge is -2.28. The Morgan fingerprint density at radius 2 is 1.72 bits per heavy atom. The van der Waals surface area contributed by atoms with Crippen molar-refractivity contribution in [1.29, 1.82) is 0 Å². The molecule has 3 aromatic heterocycles. The summed E-state index contributed by atoms with van der Waals surface area (Å²) in [7, 11) is 1.89. The van der Waals surface area contributed by atoms with E-state index in [9.17, 15) is 0 Å². The van der Waals surface area contributed by atoms with Gasteiger partial charge in [-0.1, -0.05) is 18.2 Å². The van der Waals surface area contributed by atoms with E-state index in [2.05, 4.69) is 72.9 Å². The van der Waals surface area contributed by atoms with Gasteiger partial charge < -0.3 is 20.9 Å². The maximum Gasteiger partial charge on any atom is 0.229 e. The lowest BCUT2D eigenvalue weighted by molar-refractivity contribution is 0.585. The molecule has 4 aromatic rings. The number of fused-ring (bicyclic) bond motifs is 1. The molecule has 0 bridgehead atoms. The highest BCUT2D eigenvalue weighted by Crippen LogP contribution is 2.28. The molecule has 1 fully saturated rings. The summed E-state index contributed by atoms with van der Waals surface area (Å²) in [4.78, 5) is 16.1. The third-order valence-electron chi connectivity index (χ3n) is 5.75. The third-order valence-corrected chi connectivity index (χ3v) is 5.75. The van der Waals surface area contributed by atoms with E-state index in [1.807, 2.05) is 25.4 Å². The van der Waals surface area contributed by atoms with E-state index >= 15 is 0 Å². The van der Waals surface area contributed by atoms with Gasteiger partial charge in [0.15, 0.2) is 11.5 Å². The minimum atomic E-state index is 0.510. The predicted molar refractivity (Wildman–Crippen MR) is 128 cm³/mol. The second-order valence-corrected chi connectivity index (χ2v) is 8.06. The SMILES string of the molecule is Cc1cccc(C)c1Nc1nn(C)c2nc(Nc3ccc(N4CCNCC4)nc3)ncc12. The number of anilines is 5. The van der Waals surface area contributed by atoms with Crippen molar-refractivity contribution in [1.82, 2.24) is 30.0 Å². The fraction of sp³-hybridized carbons (Fsp3) is 0.304. The molecule has 32 heavy (non-hydrogen) atoms. The molecule has 0 amide bonds. The van der Waals surface area contributed by atoms with Crippen LogP contribution in [0, 0.1) is 13.8 Å². The molecule has 1 saturated heterocycles. The Labute approximate surface area is 186 Å². The highest BCUT2D eigenvalue weighted by atomic mass is 15.3. The summed E-state index contributed by atoms with van der Waals surface area (Å²) >= 11 is 0. The molecule has 0 atom stereocenters. The number of aryl methyl sites for hydroxylation is 3. The number of nitrogens with one attached hydrogen (secondary N) is 3. The van der Waals surface area contributed by atoms with Crippen molar-refractivity contribution in [3.8, 4) is 0 Å². The molecule has 5 rings (SSSR count). The molecule has 3 N–H and O–H groups in total. The van der Waals surface area contributed by atoms with Gasteiger partial charge in [-0.15, -0.1) is 0 Å². The van der Waals surface area contributed by atoms with Crippen molar-refractivity contribution in [2.75, 3.05) is 41.7 Å². The second-order valence-electron chi connectivity index (χ2n) is 8.06. The quantitative estimate of drug-likeness (QED) is 0.445. The van der Waals surface area contributed by atoms with Crippen molar-refractivity contribution in [3.05, 3.63) is 53.9 Å². The Kier molecular flexibility index (Phi) is 5.32. The Morgan fingerprint density at radius 3 is 2.44 bits per heavy atom. The molecule has 0 spiro atoms. The summed E-state index contributed by atoms with van der Waals surface area (Å²) in [5, 5.41) is 15.6. The highest BCUT2D eigenvalue weighted by Gasteiger charge is 2.15. The summed E-state index contributed by atoms with van der Waals surface area (Å²) in [6.07, 6.45) is 3.62. The molecular weight excluding hydrogens is 402 g/mol. The number of pyridine rings is 1. The number of hydrogen-bond donors (Lipinski definition) is 3. The van der Waals surface area contributed by atoms with Crippen molar-refractivity contribution in [2.24, 2.45) is 7.05 Å². The van der Waals surface area contributed by atoms with Gasteiger partial charge in [0.05, 0.1) is 17.3 Å². The van der Waals surface area contributed by atoms with Crippen LogP contribution in [0.2, 0.25) is 0 Å². The molecule has 1 aliphatic heterocycles. The van der Waals surface area contributed by atoms with Crippen molar-refractivity contribution in [3.63, 3.8) is 0 Å². The van der Waals surface area contributed by atoms with E-state index in [1.54, 1.807) is 10.9 Å². The zero-order chi connectivity index (χ0) is 22.1. The van der Waals surface area contributed by atoms with Gasteiger partial charge in [-0.3, -0.25) is 0 Å². The molecule has 4 heterocycles. The Bertz CT molecular complexity index is 1220. The Morgan fingerprint density at radius 1 is 0.938 bits per heavy atom. The monoisotopic (exact) mass is 429 g/mol. The average Bonchev–Trinajstić information content (AvgIpc) is 3.12. The summed E-state index contributed by atoms with van der Waals surface area (Å²) in [5.74, 6) is 2.24. The minimum Gasteiger partial charge on any atom is -0.354 e. The van der Waals surface area contributed by atoms with E-state index in [0.717, 1.165) is 60.2 Å². The average molecular weight is 430 g/mol. The largest absolute Gasteiger partial charge is 0.354 e. The lowest BCUT2D eigenvalue weighted by atomic mass is 10.1. The molecule has 164 valence electrons. The van der Waals surface area contributed by atoms with Crippen LogP contribution in [0.4, 0.5) is 29.0 Å². The van der Waals surface area contributed by atoms with Crippen LogP contribution >= 0.6 is 0 Å². The first kappa shape index (κ1) is 20.2. The van der Waals surface area contributed by atoms with Crippen LogP contribution < -0.4 is 20.9 Å². The summed E-state index contributed by atoms with van der Waals surface area (Å²) in [6, 6.07) is 10.3. The molecule has 1 aliphatic rings. The van der Waals surface area contributed by atoms with Gasteiger partial charge >= 0.3 is 0 Å². The smallest absolute Gasteiger partial charge is 0.229 e. The van der Waals surface area contributed by atoms with Gasteiger partial charge in [-0.25, -0.2) is 14.6 Å². The molecule has 0 unspecified atom stereocenters. The maximum atomic E-state index is 4.68. The Hall–Kier alpha value is -3.72. The van der Waals surface area contributed by atoms with Crippen LogP contribution in [0.3, 0.4) is 0 Å². The first-order valence-corrected chi connectivity index (χ1v) is 10.8. The van der Waals surface area contributed by atoms with Gasteiger partial charge in [0, 0.05) is 45.1 Å². The first-order chi connectivity index (χ1) is 15.6. The molecule has 9 nitrogen and oxygen atoms in total. The molecule has 1 aromatic carbocycles. The number of benzene rings is 1. The number of nitrogens with zero attached hydrogens (tertiary/aromatic N) is 6. The van der Waals surface area contributed by atoms with Gasteiger partial charge in [0.1, 0.15) is 5.82 Å². The number of piperazine rings is 1. The van der Waals surface area contributed by atoms with E-state index in [0.29, 0.717) is 5.95 Å². The zero-order valence-electron chi connectivity index (χ0n) is 18.6. The van der Waals surface area contributed by atoms with Crippen molar-refractivity contribution in [2.45, 2.75) is 13.8 Å². The zero-order valence-corrected chi connectivity index (χ0v) is 18.6. The lowest BCUT2D eigenvalue weighted by Crippen LogP contribution is -2.43. The standard InChI is InChI=1S/C23H27N9/c1-15-5-4-6-16(2)20(15)28-21-18-14-26-23(29-22(18)31(3)30-21)27-17-7-8-19(25-13-17)32-11-9-24-10-12-32/h4-8,13-14,24H,9-12H2,1-3H3,(H,28,30)(H,26,27,29). The highest BCUT2D eigenvalue weighted by molar-refractivity contribution is 5.90. The van der Waals surface area contributed by atoms with Gasteiger partial charge in [0.25, 0.3) is 0 Å². The molecular formula is C23H27N9. The molecule has 0 radical (unpaired) electrons. The Balaban J connectivity index is 1.36. The van der Waals surface area contributed by atoms with Crippen molar-refractivity contribution >= 4 is 40.0 Å². The molecule has 0 saturated carbocycles. The summed E-state index contributed by atoms with van der Waals surface area (Å²) < 4.78 is 1.77. The van der Waals surface area contributed by atoms with Crippen LogP contribution in [0.1, 0.15) is 11.1 Å². The third kappa shape index (κ3) is 3.94. The molecule has 9 heteroatoms. The van der Waals surface area contributed by atoms with E-state index in [1.165, 1.54) is 11.1 Å². The van der Waals surface area contributed by atoms with E-state index in [-0.39, 0.29) is 0 Å². The fourth-order valence-corrected chi connectivity index (χ4v) is 3.99. The van der Waals surface area contributed by atoms with Crippen LogP contribution in [0.25, 0.3) is 11.0 Å². The maximum absolute atomic E-state index is 4.68. The summed E-state index contributed by atoms with van der Waals surface area (Å²) in [5.41, 5.74) is 4.99. The van der Waals surface area contributed by atoms with Gasteiger partial charge in [-0.05, 0) is 37.1 Å². The topological polar surface area (TPSA) is 95.8 Å². The molecule has 0 aliphatic carbocycles. The first-order valence-electron chi connectivity index (χ1n) is 10.8. The normalized spacial score (nSPS) is 14.0. The number of aromatic nitrogens is 5. The second kappa shape index (κ2) is 8.43. The van der Waals surface area contributed by atoms with E-state index in [4.69, 9.17) is 0 Å². The fourth-order valence-electron chi connectivity index (χ4n) is 3.99. The summed E-state index contributed by atoms with van der Waals surface area (Å²) in [6.45, 7) is 8.08. The van der Waals surface area contributed by atoms with Crippen LogP contribution in [0.5, 0.6) is 0 Å². The van der Waals surface area contributed by atoms with Crippen molar-refractivity contribution < 1.29 is 0 Å². The predicted octanol–water partition coefficient (Wildman–Crippen LogP) is 3.27. The number of rotatable bonds is 5. The number of para-hydroxylation sites is 1. The van der Waals surface area contributed by atoms with Crippen LogP contribution in [0.15, 0.2) is 42.7 Å². The minimum absolute atomic E-state index is 0.510. The van der Waals surface area contributed by atoms with E-state index < -0.39 is 0 Å². The number of hydrogen-bond acceptors (Lipinski definition) is 8. The van der Waals surface area contributed by atoms with Gasteiger partial charge in [0.2, 0.25) is 5.95 Å². The van der Waals surface area contributed by atoms with Gasteiger partial charge in [-0.2, -0.15) is 10.1 Å².